The topological polar surface area (TPSA) is 108 Å². The molecule has 1 aromatic heterocycles. The number of nitrogens with one attached hydrogen (secondary N) is 3. The fraction of sp³-hybridized carbons (Fsp3) is 0.308. The Morgan fingerprint density at radius 1 is 1.20 bits per heavy atom. The zero-order valence-electron chi connectivity index (χ0n) is 19.6. The summed E-state index contributed by atoms with van der Waals surface area (Å²) < 4.78 is 5.59. The lowest BCUT2D eigenvalue weighted by molar-refractivity contribution is -0.115. The Morgan fingerprint density at radius 2 is 2.00 bits per heavy atom. The van der Waals surface area contributed by atoms with E-state index in [9.17, 15) is 9.59 Å². The van der Waals surface area contributed by atoms with Gasteiger partial charge in [-0.25, -0.2) is 9.98 Å². The van der Waals surface area contributed by atoms with Gasteiger partial charge in [-0.3, -0.25) is 14.9 Å². The van der Waals surface area contributed by atoms with Gasteiger partial charge in [0, 0.05) is 23.8 Å². The fourth-order valence-corrected chi connectivity index (χ4v) is 4.85. The van der Waals surface area contributed by atoms with Gasteiger partial charge in [-0.1, -0.05) is 30.3 Å². The van der Waals surface area contributed by atoms with Gasteiger partial charge in [0.1, 0.15) is 5.76 Å². The van der Waals surface area contributed by atoms with E-state index < -0.39 is 5.91 Å². The highest BCUT2D eigenvalue weighted by Crippen LogP contribution is 2.26. The van der Waals surface area contributed by atoms with Crippen molar-refractivity contribution in [3.8, 4) is 11.3 Å². The molecule has 0 unspecified atom stereocenters. The van der Waals surface area contributed by atoms with Crippen LogP contribution < -0.4 is 16.0 Å². The lowest BCUT2D eigenvalue weighted by Gasteiger charge is -2.27. The number of hydrogen-bond acceptors (Lipinski definition) is 6. The summed E-state index contributed by atoms with van der Waals surface area (Å²) in [5, 5.41) is 8.68. The van der Waals surface area contributed by atoms with E-state index in [1.807, 2.05) is 25.1 Å². The number of thioether (sulfide) groups is 1. The molecule has 1 saturated heterocycles. The molecule has 2 aromatic rings. The van der Waals surface area contributed by atoms with Crippen molar-refractivity contribution in [1.29, 1.82) is 0 Å². The van der Waals surface area contributed by atoms with Gasteiger partial charge in [0.05, 0.1) is 17.2 Å². The predicted molar refractivity (Wildman–Crippen MR) is 140 cm³/mol. The van der Waals surface area contributed by atoms with Crippen LogP contribution in [0.15, 0.2) is 79.8 Å². The van der Waals surface area contributed by atoms with Gasteiger partial charge in [-0.15, -0.1) is 0 Å². The van der Waals surface area contributed by atoms with Crippen LogP contribution in [-0.2, 0) is 11.3 Å². The Morgan fingerprint density at radius 3 is 2.66 bits per heavy atom. The Labute approximate surface area is 209 Å². The van der Waals surface area contributed by atoms with Crippen LogP contribution in [0.1, 0.15) is 38.2 Å². The monoisotopic (exact) mass is 491 g/mol. The zero-order chi connectivity index (χ0) is 24.6. The maximum Gasteiger partial charge on any atom is 0.290 e. The molecule has 3 N–H and O–H groups in total. The van der Waals surface area contributed by atoms with E-state index in [0.717, 1.165) is 55.3 Å². The summed E-state index contributed by atoms with van der Waals surface area (Å²) in [5.41, 5.74) is 2.96. The van der Waals surface area contributed by atoms with Gasteiger partial charge in [-0.2, -0.15) is 0 Å². The molecule has 1 aliphatic carbocycles. The number of hydrogen-bond donors (Lipinski definition) is 3. The molecule has 4 rings (SSSR count). The molecular formula is C26H29N5O3S. The average Bonchev–Trinajstić information content (AvgIpc) is 3.52. The molecule has 8 nitrogen and oxygen atoms in total. The van der Waals surface area contributed by atoms with Gasteiger partial charge in [0.25, 0.3) is 11.1 Å². The van der Waals surface area contributed by atoms with Crippen molar-refractivity contribution in [2.45, 2.75) is 51.2 Å². The van der Waals surface area contributed by atoms with Crippen LogP contribution >= 0.6 is 11.8 Å². The van der Waals surface area contributed by atoms with E-state index in [1.54, 1.807) is 18.4 Å². The highest BCUT2D eigenvalue weighted by atomic mass is 32.2. The minimum absolute atomic E-state index is 0.146. The molecule has 2 aliphatic rings. The van der Waals surface area contributed by atoms with E-state index in [1.165, 1.54) is 5.56 Å². The largest absolute Gasteiger partial charge is 0.464 e. The minimum atomic E-state index is -0.399. The summed E-state index contributed by atoms with van der Waals surface area (Å²) >= 11 is 0.873. The molecule has 0 bridgehead atoms. The van der Waals surface area contributed by atoms with E-state index in [0.29, 0.717) is 22.6 Å². The van der Waals surface area contributed by atoms with E-state index in [2.05, 4.69) is 45.9 Å². The summed E-state index contributed by atoms with van der Waals surface area (Å²) in [6.45, 7) is 6.25. The summed E-state index contributed by atoms with van der Waals surface area (Å²) in [6.07, 6.45) is 9.03. The van der Waals surface area contributed by atoms with E-state index in [-0.39, 0.29) is 11.3 Å². The Bertz CT molecular complexity index is 1160. The number of rotatable bonds is 7. The third kappa shape index (κ3) is 6.58. The molecule has 2 heterocycles. The molecule has 0 atom stereocenters. The maximum absolute atomic E-state index is 11.8. The van der Waals surface area contributed by atoms with Crippen LogP contribution in [0.5, 0.6) is 0 Å². The van der Waals surface area contributed by atoms with Gasteiger partial charge < -0.3 is 15.1 Å². The number of amides is 2. The summed E-state index contributed by atoms with van der Waals surface area (Å²) in [7, 11) is 0. The number of carbonyl (C=O) groups excluding carboxylic acids is 2. The molecule has 9 heteroatoms. The number of furan rings is 1. The summed E-state index contributed by atoms with van der Waals surface area (Å²) in [6, 6.07) is 12.8. The van der Waals surface area contributed by atoms with Crippen LogP contribution in [-0.4, -0.2) is 35.9 Å². The number of benzene rings is 1. The van der Waals surface area contributed by atoms with E-state index >= 15 is 0 Å². The second-order valence-corrected chi connectivity index (χ2v) is 9.37. The van der Waals surface area contributed by atoms with Crippen molar-refractivity contribution in [2.75, 3.05) is 0 Å². The van der Waals surface area contributed by atoms with Crippen LogP contribution in [0.2, 0.25) is 0 Å². The molecule has 0 radical (unpaired) electrons. The van der Waals surface area contributed by atoms with Crippen molar-refractivity contribution in [2.24, 2.45) is 9.98 Å². The van der Waals surface area contributed by atoms with Gasteiger partial charge in [-0.05, 0) is 74.9 Å². The van der Waals surface area contributed by atoms with Crippen LogP contribution in [0.3, 0.4) is 0 Å². The zero-order valence-corrected chi connectivity index (χ0v) is 20.4. The predicted octanol–water partition coefficient (Wildman–Crippen LogP) is 4.76. The first-order chi connectivity index (χ1) is 17.1. The number of allylic oxidation sites excluding steroid dienone is 2. The van der Waals surface area contributed by atoms with Crippen molar-refractivity contribution < 1.29 is 14.0 Å². The van der Waals surface area contributed by atoms with Crippen LogP contribution in [0.4, 0.5) is 4.79 Å². The Balaban J connectivity index is 1.30. The minimum Gasteiger partial charge on any atom is -0.464 e. The van der Waals surface area contributed by atoms with E-state index in [4.69, 9.17) is 9.41 Å². The SMILES string of the molecule is C=NC(=NC1CCC(NCc2ccccc2-c2ccco2)CC1)NC(=C\C)/C=C1\SC(=O)NC1=O. The highest BCUT2D eigenvalue weighted by molar-refractivity contribution is 8.18. The number of imide groups is 1. The maximum atomic E-state index is 11.8. The second-order valence-electron chi connectivity index (χ2n) is 8.35. The normalized spacial score (nSPS) is 22.4. The van der Waals surface area contributed by atoms with Crippen LogP contribution in [0, 0.1) is 0 Å². The summed E-state index contributed by atoms with van der Waals surface area (Å²) in [5.74, 6) is 0.893. The molecule has 1 saturated carbocycles. The number of guanidine groups is 1. The molecule has 2 fully saturated rings. The van der Waals surface area contributed by atoms with Gasteiger partial charge >= 0.3 is 0 Å². The first-order valence-electron chi connectivity index (χ1n) is 11.6. The quantitative estimate of drug-likeness (QED) is 0.293. The van der Waals surface area contributed by atoms with Crippen molar-refractivity contribution in [3.63, 3.8) is 0 Å². The number of aliphatic imine (C=N–C) groups is 2. The lowest BCUT2D eigenvalue weighted by atomic mass is 9.91. The van der Waals surface area contributed by atoms with Crippen molar-refractivity contribution in [1.82, 2.24) is 16.0 Å². The molecular weight excluding hydrogens is 462 g/mol. The Hall–Kier alpha value is -3.43. The smallest absolute Gasteiger partial charge is 0.290 e. The van der Waals surface area contributed by atoms with Gasteiger partial charge in [0.2, 0.25) is 5.96 Å². The van der Waals surface area contributed by atoms with Crippen LogP contribution in [0.25, 0.3) is 11.3 Å². The molecule has 1 aromatic carbocycles. The third-order valence-electron chi connectivity index (χ3n) is 6.03. The standard InChI is InChI=1S/C26H29N5O3S/c1-3-18(15-23-24(32)31-26(33)35-23)29-25(27-2)30-20-12-10-19(11-13-20)28-16-17-7-4-5-8-21(17)22-9-6-14-34-22/h3-9,14-15,19-20,28H,2,10-13,16H2,1H3,(H,29,30)(H,31,32,33)/b18-3-,23-15-. The first kappa shape index (κ1) is 24.7. The number of nitrogens with zero attached hydrogens (tertiary/aromatic N) is 2. The van der Waals surface area contributed by atoms with Gasteiger partial charge in [0.15, 0.2) is 0 Å². The van der Waals surface area contributed by atoms with Crippen molar-refractivity contribution in [3.05, 3.63) is 71.0 Å². The molecule has 1 aliphatic heterocycles. The third-order valence-corrected chi connectivity index (χ3v) is 6.84. The molecule has 182 valence electrons. The summed E-state index contributed by atoms with van der Waals surface area (Å²) in [4.78, 5) is 32.3. The molecule has 35 heavy (non-hydrogen) atoms. The second kappa shape index (κ2) is 11.8. The lowest BCUT2D eigenvalue weighted by Crippen LogP contribution is -2.34. The number of carbonyl (C=O) groups is 2. The molecule has 2 amide bonds. The highest BCUT2D eigenvalue weighted by Gasteiger charge is 2.25. The Kier molecular flexibility index (Phi) is 8.33. The van der Waals surface area contributed by atoms with Crippen molar-refractivity contribution >= 4 is 35.6 Å². The molecule has 0 spiro atoms. The average molecular weight is 492 g/mol. The first-order valence-corrected chi connectivity index (χ1v) is 12.4. The fourth-order valence-electron chi connectivity index (χ4n) is 4.18.